The highest BCUT2D eigenvalue weighted by atomic mass is 16.3. The van der Waals surface area contributed by atoms with E-state index in [9.17, 15) is 15.0 Å². The fourth-order valence-electron chi connectivity index (χ4n) is 1.99. The number of carbonyl (C=O) groups excluding carboxylic acids is 1. The summed E-state index contributed by atoms with van der Waals surface area (Å²) in [5, 5.41) is 18.6. The summed E-state index contributed by atoms with van der Waals surface area (Å²) in [6.45, 7) is 0. The number of phenolic OH excluding ortho intramolecular Hbond substituents is 2. The first-order valence-corrected chi connectivity index (χ1v) is 6.43. The molecule has 104 valence electrons. The van der Waals surface area contributed by atoms with Gasteiger partial charge >= 0.3 is 0 Å². The summed E-state index contributed by atoms with van der Waals surface area (Å²) < 4.78 is 0. The van der Waals surface area contributed by atoms with Crippen molar-refractivity contribution < 1.29 is 15.0 Å². The Labute approximate surface area is 117 Å². The smallest absolute Gasteiger partial charge is 0.179 e. The second-order valence-corrected chi connectivity index (χ2v) is 4.70. The van der Waals surface area contributed by atoms with Crippen molar-refractivity contribution in [3.63, 3.8) is 0 Å². The molecule has 2 aromatic rings. The molecule has 0 aliphatic carbocycles. The maximum absolute atomic E-state index is 12.1. The maximum Gasteiger partial charge on any atom is 0.179 e. The van der Waals surface area contributed by atoms with Gasteiger partial charge in [0.2, 0.25) is 0 Å². The van der Waals surface area contributed by atoms with Crippen molar-refractivity contribution in [2.75, 3.05) is 0 Å². The molecule has 1 unspecified atom stereocenters. The van der Waals surface area contributed by atoms with Crippen LogP contribution in [0, 0.1) is 0 Å². The van der Waals surface area contributed by atoms with Crippen LogP contribution in [0.2, 0.25) is 0 Å². The van der Waals surface area contributed by atoms with Gasteiger partial charge in [-0.1, -0.05) is 30.3 Å². The zero-order valence-corrected chi connectivity index (χ0v) is 11.0. The monoisotopic (exact) mass is 271 g/mol. The molecule has 1 atom stereocenters. The highest BCUT2D eigenvalue weighted by Crippen LogP contribution is 2.25. The second-order valence-electron chi connectivity index (χ2n) is 4.70. The van der Waals surface area contributed by atoms with Gasteiger partial charge in [-0.25, -0.2) is 0 Å². The maximum atomic E-state index is 12.1. The highest BCUT2D eigenvalue weighted by Gasteiger charge is 2.16. The van der Waals surface area contributed by atoms with Crippen LogP contribution in [0.15, 0.2) is 48.5 Å². The summed E-state index contributed by atoms with van der Waals surface area (Å²) >= 11 is 0. The number of hydrogen-bond acceptors (Lipinski definition) is 4. The molecule has 20 heavy (non-hydrogen) atoms. The number of hydrogen-bond donors (Lipinski definition) is 3. The molecule has 4 N–H and O–H groups in total. The standard InChI is InChI=1S/C16H17NO3/c17-13(8-6-11-4-2-1-3-5-11)16(20)12-7-9-14(18)15(19)10-12/h1-5,7,9-10,13,18-19H,6,8,17H2. The average Bonchev–Trinajstić information content (AvgIpc) is 2.48. The topological polar surface area (TPSA) is 83.6 Å². The largest absolute Gasteiger partial charge is 0.504 e. The molecular weight excluding hydrogens is 254 g/mol. The lowest BCUT2D eigenvalue weighted by Gasteiger charge is -2.11. The third kappa shape index (κ3) is 3.36. The Hall–Kier alpha value is -2.33. The molecule has 0 heterocycles. The van der Waals surface area contributed by atoms with Gasteiger partial charge in [-0.05, 0) is 36.6 Å². The Morgan fingerprint density at radius 3 is 2.40 bits per heavy atom. The van der Waals surface area contributed by atoms with E-state index in [0.29, 0.717) is 12.0 Å². The van der Waals surface area contributed by atoms with E-state index in [2.05, 4.69) is 0 Å². The minimum absolute atomic E-state index is 0.240. The highest BCUT2D eigenvalue weighted by molar-refractivity contribution is 6.00. The van der Waals surface area contributed by atoms with Gasteiger partial charge in [-0.15, -0.1) is 0 Å². The lowest BCUT2D eigenvalue weighted by molar-refractivity contribution is 0.0957. The van der Waals surface area contributed by atoms with Gasteiger partial charge in [0.25, 0.3) is 0 Å². The predicted molar refractivity (Wildman–Crippen MR) is 76.8 cm³/mol. The van der Waals surface area contributed by atoms with Crippen LogP contribution in [0.3, 0.4) is 0 Å². The van der Waals surface area contributed by atoms with E-state index in [1.165, 1.54) is 18.2 Å². The number of rotatable bonds is 5. The fourth-order valence-corrected chi connectivity index (χ4v) is 1.99. The molecule has 0 spiro atoms. The SMILES string of the molecule is NC(CCc1ccccc1)C(=O)c1ccc(O)c(O)c1. The average molecular weight is 271 g/mol. The van der Waals surface area contributed by atoms with Crippen molar-refractivity contribution in [1.29, 1.82) is 0 Å². The van der Waals surface area contributed by atoms with E-state index in [1.807, 2.05) is 30.3 Å². The van der Waals surface area contributed by atoms with Crippen molar-refractivity contribution in [2.45, 2.75) is 18.9 Å². The number of aryl methyl sites for hydroxylation is 1. The van der Waals surface area contributed by atoms with Crippen LogP contribution in [0.5, 0.6) is 11.5 Å². The fraction of sp³-hybridized carbons (Fsp3) is 0.188. The Morgan fingerprint density at radius 2 is 1.75 bits per heavy atom. The molecule has 0 aliphatic rings. The van der Waals surface area contributed by atoms with E-state index in [-0.39, 0.29) is 17.3 Å². The van der Waals surface area contributed by atoms with E-state index in [0.717, 1.165) is 12.0 Å². The van der Waals surface area contributed by atoms with Crippen molar-refractivity contribution >= 4 is 5.78 Å². The summed E-state index contributed by atoms with van der Waals surface area (Å²) in [5.74, 6) is -0.804. The first-order chi connectivity index (χ1) is 9.58. The number of Topliss-reactive ketones (excluding diaryl/α,β-unsaturated/α-hetero) is 1. The molecule has 0 amide bonds. The van der Waals surface area contributed by atoms with Crippen LogP contribution >= 0.6 is 0 Å². The summed E-state index contributed by atoms with van der Waals surface area (Å²) in [6.07, 6.45) is 1.25. The number of nitrogens with two attached hydrogens (primary N) is 1. The van der Waals surface area contributed by atoms with Crippen molar-refractivity contribution in [1.82, 2.24) is 0 Å². The van der Waals surface area contributed by atoms with Gasteiger partial charge in [0.05, 0.1) is 6.04 Å². The van der Waals surface area contributed by atoms with Gasteiger partial charge in [0.15, 0.2) is 17.3 Å². The lowest BCUT2D eigenvalue weighted by atomic mass is 9.98. The number of aromatic hydroxyl groups is 2. The quantitative estimate of drug-likeness (QED) is 0.575. The number of ketones is 1. The van der Waals surface area contributed by atoms with Crippen molar-refractivity contribution in [2.24, 2.45) is 5.73 Å². The summed E-state index contributed by atoms with van der Waals surface area (Å²) in [5.41, 5.74) is 7.33. The number of carbonyl (C=O) groups is 1. The Kier molecular flexibility index (Phi) is 4.38. The van der Waals surface area contributed by atoms with Crippen LogP contribution in [0.25, 0.3) is 0 Å². The summed E-state index contributed by atoms with van der Waals surface area (Å²) in [7, 11) is 0. The van der Waals surface area contributed by atoms with E-state index in [4.69, 9.17) is 5.73 Å². The van der Waals surface area contributed by atoms with Crippen LogP contribution in [-0.4, -0.2) is 22.0 Å². The number of phenols is 2. The molecule has 0 aliphatic heterocycles. The lowest BCUT2D eigenvalue weighted by Crippen LogP contribution is -2.31. The molecule has 2 aromatic carbocycles. The van der Waals surface area contributed by atoms with Gasteiger partial charge in [-0.3, -0.25) is 4.79 Å². The normalized spacial score (nSPS) is 12.1. The van der Waals surface area contributed by atoms with Gasteiger partial charge in [0, 0.05) is 5.56 Å². The van der Waals surface area contributed by atoms with Crippen LogP contribution in [0.1, 0.15) is 22.3 Å². The first-order valence-electron chi connectivity index (χ1n) is 6.43. The molecule has 0 saturated heterocycles. The third-order valence-electron chi connectivity index (χ3n) is 3.18. The Balaban J connectivity index is 1.99. The predicted octanol–water partition coefficient (Wildman–Crippen LogP) is 2.24. The summed E-state index contributed by atoms with van der Waals surface area (Å²) in [4.78, 5) is 12.1. The molecule has 0 radical (unpaired) electrons. The minimum atomic E-state index is -0.626. The molecule has 0 aromatic heterocycles. The van der Waals surface area contributed by atoms with Crippen molar-refractivity contribution in [3.8, 4) is 11.5 Å². The van der Waals surface area contributed by atoms with Gasteiger partial charge in [-0.2, -0.15) is 0 Å². The van der Waals surface area contributed by atoms with Crippen LogP contribution < -0.4 is 5.73 Å². The Bertz CT molecular complexity index is 596. The molecule has 0 saturated carbocycles. The zero-order chi connectivity index (χ0) is 14.5. The molecule has 4 nitrogen and oxygen atoms in total. The molecular formula is C16H17NO3. The second kappa shape index (κ2) is 6.21. The van der Waals surface area contributed by atoms with Gasteiger partial charge in [0.1, 0.15) is 0 Å². The van der Waals surface area contributed by atoms with E-state index in [1.54, 1.807) is 0 Å². The van der Waals surface area contributed by atoms with Crippen LogP contribution in [0.4, 0.5) is 0 Å². The zero-order valence-electron chi connectivity index (χ0n) is 11.0. The number of benzene rings is 2. The first kappa shape index (κ1) is 14.1. The molecule has 2 rings (SSSR count). The van der Waals surface area contributed by atoms with Crippen molar-refractivity contribution in [3.05, 3.63) is 59.7 Å². The summed E-state index contributed by atoms with van der Waals surface area (Å²) in [6, 6.07) is 13.2. The van der Waals surface area contributed by atoms with Crippen LogP contribution in [-0.2, 0) is 6.42 Å². The molecule has 4 heteroatoms. The Morgan fingerprint density at radius 1 is 1.05 bits per heavy atom. The van der Waals surface area contributed by atoms with E-state index < -0.39 is 6.04 Å². The van der Waals surface area contributed by atoms with E-state index >= 15 is 0 Å². The molecule has 0 bridgehead atoms. The van der Waals surface area contributed by atoms with Gasteiger partial charge < -0.3 is 15.9 Å². The minimum Gasteiger partial charge on any atom is -0.504 e. The molecule has 0 fully saturated rings. The third-order valence-corrected chi connectivity index (χ3v) is 3.18.